The van der Waals surface area contributed by atoms with E-state index in [1.54, 1.807) is 0 Å². The van der Waals surface area contributed by atoms with Gasteiger partial charge in [-0.3, -0.25) is 10.1 Å². The zero-order chi connectivity index (χ0) is 25.4. The van der Waals surface area contributed by atoms with Gasteiger partial charge in [-0.25, -0.2) is 14.4 Å². The van der Waals surface area contributed by atoms with Crippen LogP contribution in [0, 0.1) is 12.3 Å². The lowest BCUT2D eigenvalue weighted by atomic mass is 9.89. The van der Waals surface area contributed by atoms with E-state index in [1.807, 2.05) is 0 Å². The number of pyridine rings is 2. The third-order valence-electron chi connectivity index (χ3n) is 7.21. The highest BCUT2D eigenvalue weighted by Crippen LogP contribution is 2.46. The molecule has 0 radical (unpaired) electrons. The molecule has 1 saturated heterocycles. The van der Waals surface area contributed by atoms with Crippen molar-refractivity contribution in [3.05, 3.63) is 45.8 Å². The Bertz CT molecular complexity index is 1310. The Morgan fingerprint density at radius 3 is 2.83 bits per heavy atom. The average Bonchev–Trinajstić information content (AvgIpc) is 3.43. The van der Waals surface area contributed by atoms with Crippen molar-refractivity contribution in [2.45, 2.75) is 62.6 Å². The van der Waals surface area contributed by atoms with E-state index in [0.717, 1.165) is 17.2 Å². The lowest BCUT2D eigenvalue weighted by Gasteiger charge is -2.40. The first kappa shape index (κ1) is 23.0. The molecule has 6 heterocycles. The molecule has 2 aromatic rings. The fourth-order valence-electron chi connectivity index (χ4n) is 5.62. The minimum Gasteiger partial charge on any atom is -0.471 e. The molecule has 2 aromatic heterocycles. The number of amides is 1. The maximum atomic E-state index is 14.7. The van der Waals surface area contributed by atoms with Crippen LogP contribution < -0.4 is 15.8 Å². The largest absolute Gasteiger partial charge is 0.471 e. The molecule has 0 saturated carbocycles. The van der Waals surface area contributed by atoms with Gasteiger partial charge in [0.25, 0.3) is 0 Å². The number of rotatable bonds is 1. The van der Waals surface area contributed by atoms with Crippen LogP contribution in [0.3, 0.4) is 0 Å². The van der Waals surface area contributed by atoms with Crippen molar-refractivity contribution in [1.29, 1.82) is 0 Å². The molecule has 6 rings (SSSR count). The highest BCUT2D eigenvalue weighted by Gasteiger charge is 2.49. The Kier molecular flexibility index (Phi) is 5.14. The van der Waals surface area contributed by atoms with E-state index in [2.05, 4.69) is 21.2 Å². The smallest absolute Gasteiger partial charge is 0.433 e. The third kappa shape index (κ3) is 3.49. The van der Waals surface area contributed by atoms with Crippen molar-refractivity contribution in [2.75, 3.05) is 12.3 Å². The number of nitrogen functional groups attached to an aromatic ring is 1. The molecule has 1 amide bonds. The van der Waals surface area contributed by atoms with Crippen LogP contribution >= 0.6 is 0 Å². The van der Waals surface area contributed by atoms with E-state index in [-0.39, 0.29) is 44.3 Å². The Morgan fingerprint density at radius 2 is 2.08 bits per heavy atom. The summed E-state index contributed by atoms with van der Waals surface area (Å²) in [6.45, 7) is 0.305. The third-order valence-corrected chi connectivity index (χ3v) is 7.21. The fraction of sp³-hybridized carbons (Fsp3) is 0.458. The first-order valence-corrected chi connectivity index (χ1v) is 11.5. The zero-order valence-corrected chi connectivity index (χ0v) is 18.8. The van der Waals surface area contributed by atoms with E-state index < -0.39 is 42.3 Å². The minimum atomic E-state index is -4.65. The number of alkyl halides is 4. The molecule has 12 heteroatoms. The van der Waals surface area contributed by atoms with Crippen LogP contribution in [0.2, 0.25) is 0 Å². The van der Waals surface area contributed by atoms with E-state index in [0.29, 0.717) is 22.6 Å². The average molecular weight is 503 g/mol. The standard InChI is InChI=1S/C24H21F4N5O3/c1-2-16-19-13(9-35-16)12-6-14(30-7-15(12)31-21(19)29)23(34)33-8-10(25)5-17-20(33)11-3-4-18(24(26,27)28)32-22(11)36-17/h1,3-4,10,14,16-17,20,30H,5-9H2,(H2,29,31)/t10-,14-,16-,17+,20+/m1/s1. The molecule has 4 aliphatic heterocycles. The van der Waals surface area contributed by atoms with Gasteiger partial charge in [0.1, 0.15) is 29.9 Å². The second-order valence-electron chi connectivity index (χ2n) is 9.32. The maximum absolute atomic E-state index is 14.7. The van der Waals surface area contributed by atoms with Gasteiger partial charge in [0.05, 0.1) is 30.9 Å². The van der Waals surface area contributed by atoms with Crippen LogP contribution in [0.1, 0.15) is 52.2 Å². The molecular weight excluding hydrogens is 482 g/mol. The van der Waals surface area contributed by atoms with Gasteiger partial charge >= 0.3 is 6.18 Å². The zero-order valence-electron chi connectivity index (χ0n) is 18.8. The number of nitrogens with two attached hydrogens (primary N) is 1. The van der Waals surface area contributed by atoms with Crippen LogP contribution in [0.5, 0.6) is 5.88 Å². The highest BCUT2D eigenvalue weighted by atomic mass is 19.4. The van der Waals surface area contributed by atoms with Crippen molar-refractivity contribution < 1.29 is 31.8 Å². The Labute approximate surface area is 203 Å². The van der Waals surface area contributed by atoms with Crippen molar-refractivity contribution in [1.82, 2.24) is 20.2 Å². The van der Waals surface area contributed by atoms with E-state index in [9.17, 15) is 22.4 Å². The van der Waals surface area contributed by atoms with Gasteiger partial charge in [-0.2, -0.15) is 13.2 Å². The molecule has 0 bridgehead atoms. The summed E-state index contributed by atoms with van der Waals surface area (Å²) >= 11 is 0. The molecule has 36 heavy (non-hydrogen) atoms. The lowest BCUT2D eigenvalue weighted by Crippen LogP contribution is -2.56. The monoisotopic (exact) mass is 503 g/mol. The summed E-state index contributed by atoms with van der Waals surface area (Å²) in [6, 6.07) is 0.663. The molecule has 0 unspecified atom stereocenters. The topological polar surface area (TPSA) is 103 Å². The Hall–Kier alpha value is -3.43. The number of aromatic nitrogens is 2. The number of nitrogens with zero attached hydrogens (tertiary/aromatic N) is 3. The molecule has 0 spiro atoms. The van der Waals surface area contributed by atoms with Crippen LogP contribution in [-0.4, -0.2) is 45.6 Å². The molecular formula is C24H21F4N5O3. The molecule has 3 N–H and O–H groups in total. The van der Waals surface area contributed by atoms with Crippen LogP contribution in [0.25, 0.3) is 0 Å². The number of carbonyl (C=O) groups is 1. The van der Waals surface area contributed by atoms with E-state index >= 15 is 0 Å². The number of halogens is 4. The Morgan fingerprint density at radius 1 is 1.28 bits per heavy atom. The summed E-state index contributed by atoms with van der Waals surface area (Å²) < 4.78 is 65.4. The van der Waals surface area contributed by atoms with Gasteiger partial charge in [-0.1, -0.05) is 5.92 Å². The minimum absolute atomic E-state index is 0.0470. The quantitative estimate of drug-likeness (QED) is 0.455. The van der Waals surface area contributed by atoms with Crippen molar-refractivity contribution >= 4 is 11.7 Å². The van der Waals surface area contributed by atoms with Crippen LogP contribution in [0.15, 0.2) is 12.1 Å². The number of ether oxygens (including phenoxy) is 2. The van der Waals surface area contributed by atoms with Crippen molar-refractivity contribution in [3.8, 4) is 18.2 Å². The van der Waals surface area contributed by atoms with Gasteiger partial charge in [0, 0.05) is 24.1 Å². The van der Waals surface area contributed by atoms with Gasteiger partial charge in [0.15, 0.2) is 0 Å². The molecule has 4 aliphatic rings. The molecule has 188 valence electrons. The number of likely N-dealkylation sites (tertiary alicyclic amines) is 1. The predicted octanol–water partition coefficient (Wildman–Crippen LogP) is 2.37. The van der Waals surface area contributed by atoms with Gasteiger partial charge in [0.2, 0.25) is 11.8 Å². The van der Waals surface area contributed by atoms with Gasteiger partial charge < -0.3 is 20.1 Å². The number of terminal acetylenes is 1. The lowest BCUT2D eigenvalue weighted by molar-refractivity contribution is -0.142. The van der Waals surface area contributed by atoms with Crippen LogP contribution in [0.4, 0.5) is 23.4 Å². The predicted molar refractivity (Wildman–Crippen MR) is 117 cm³/mol. The SMILES string of the molecule is C#C[C@H]1OCc2c3c(nc(N)c21)CN[C@@H](C(=O)N1C[C@H](F)C[C@@H]2Oc4nc(C(F)(F)F)ccc4[C@@H]21)C3. The van der Waals surface area contributed by atoms with E-state index in [4.69, 9.17) is 21.6 Å². The van der Waals surface area contributed by atoms with Gasteiger partial charge in [-0.15, -0.1) is 6.42 Å². The molecule has 0 aromatic carbocycles. The molecule has 8 nitrogen and oxygen atoms in total. The summed E-state index contributed by atoms with van der Waals surface area (Å²) in [7, 11) is 0. The first-order valence-electron chi connectivity index (χ1n) is 11.5. The van der Waals surface area contributed by atoms with Crippen LogP contribution in [-0.2, 0) is 35.3 Å². The summed E-state index contributed by atoms with van der Waals surface area (Å²) in [5.74, 6) is 2.23. The van der Waals surface area contributed by atoms with Crippen molar-refractivity contribution in [3.63, 3.8) is 0 Å². The summed E-state index contributed by atoms with van der Waals surface area (Å²) in [6.07, 6.45) is -1.71. The summed E-state index contributed by atoms with van der Waals surface area (Å²) in [4.78, 5) is 23.1. The molecule has 5 atom stereocenters. The van der Waals surface area contributed by atoms with E-state index in [1.165, 1.54) is 11.0 Å². The van der Waals surface area contributed by atoms with Gasteiger partial charge in [-0.05, 0) is 29.7 Å². The number of anilines is 1. The summed E-state index contributed by atoms with van der Waals surface area (Å²) in [5, 5.41) is 3.15. The highest BCUT2D eigenvalue weighted by molar-refractivity contribution is 5.84. The number of fused-ring (bicyclic) bond motifs is 6. The number of nitrogens with one attached hydrogen (secondary N) is 1. The number of carbonyl (C=O) groups excluding carboxylic acids is 1. The normalized spacial score (nSPS) is 28.4. The fourth-order valence-corrected chi connectivity index (χ4v) is 5.62. The second kappa shape index (κ2) is 8.04. The summed E-state index contributed by atoms with van der Waals surface area (Å²) in [5.41, 5.74) is 8.30. The molecule has 0 aliphatic carbocycles. The first-order chi connectivity index (χ1) is 17.2. The molecule has 1 fully saturated rings. The van der Waals surface area contributed by atoms with Crippen molar-refractivity contribution in [2.24, 2.45) is 0 Å². The number of hydrogen-bond donors (Lipinski definition) is 2. The number of hydrogen-bond acceptors (Lipinski definition) is 7. The number of piperidine rings is 1. The second-order valence-corrected chi connectivity index (χ2v) is 9.32. The Balaban J connectivity index is 1.31. The maximum Gasteiger partial charge on any atom is 0.433 e.